The lowest BCUT2D eigenvalue weighted by Crippen LogP contribution is -2.42. The van der Waals surface area contributed by atoms with E-state index in [0.717, 1.165) is 16.1 Å². The van der Waals surface area contributed by atoms with Crippen LogP contribution in [0.5, 0.6) is 17.2 Å². The minimum absolute atomic E-state index is 0.0634. The predicted octanol–water partition coefficient (Wildman–Crippen LogP) is 2.44. The van der Waals surface area contributed by atoms with E-state index in [4.69, 9.17) is 14.2 Å². The van der Waals surface area contributed by atoms with Gasteiger partial charge >= 0.3 is 0 Å². The fraction of sp³-hybridized carbons (Fsp3) is 0.304. The van der Waals surface area contributed by atoms with Crippen LogP contribution in [-0.2, 0) is 6.67 Å². The van der Waals surface area contributed by atoms with E-state index >= 15 is 0 Å². The second-order valence-corrected chi connectivity index (χ2v) is 8.42. The zero-order valence-electron chi connectivity index (χ0n) is 18.3. The number of ether oxygens (including phenoxy) is 3. The standard InChI is InChI=1S/C23H25N3O4S/c1-14-6-15(2)8-17(7-14)25-12-24-23-26(13-25)22(27)20(31-23)11-16-9-18(28-3)21(30-5)19(10-16)29-4/h6-11H,12-13H2,1-5H3. The number of nitrogens with zero attached hydrogens (tertiary/aromatic N) is 3. The van der Waals surface area contributed by atoms with Crippen molar-refractivity contribution in [3.05, 3.63) is 66.7 Å². The number of aryl methyl sites for hydroxylation is 2. The summed E-state index contributed by atoms with van der Waals surface area (Å²) in [5, 5.41) is 0. The van der Waals surface area contributed by atoms with Gasteiger partial charge in [-0.15, -0.1) is 0 Å². The molecule has 7 nitrogen and oxygen atoms in total. The topological polar surface area (TPSA) is 65.3 Å². The zero-order chi connectivity index (χ0) is 22.1. The van der Waals surface area contributed by atoms with E-state index in [-0.39, 0.29) is 5.56 Å². The maximum Gasteiger partial charge on any atom is 0.271 e. The van der Waals surface area contributed by atoms with Gasteiger partial charge in [0.15, 0.2) is 16.3 Å². The van der Waals surface area contributed by atoms with Crippen LogP contribution in [0.4, 0.5) is 5.69 Å². The van der Waals surface area contributed by atoms with Crippen molar-refractivity contribution in [3.8, 4) is 17.2 Å². The second kappa shape index (κ2) is 8.47. The van der Waals surface area contributed by atoms with Crippen LogP contribution in [0.1, 0.15) is 16.7 Å². The molecule has 0 saturated heterocycles. The van der Waals surface area contributed by atoms with Crippen molar-refractivity contribution >= 4 is 23.1 Å². The number of hydrogen-bond donors (Lipinski definition) is 0. The molecule has 0 spiro atoms. The third kappa shape index (κ3) is 4.03. The molecule has 0 saturated carbocycles. The first-order chi connectivity index (χ1) is 14.9. The molecular formula is C23H25N3O4S. The van der Waals surface area contributed by atoms with Gasteiger partial charge < -0.3 is 19.1 Å². The first kappa shape index (κ1) is 21.0. The third-order valence-corrected chi connectivity index (χ3v) is 6.18. The minimum Gasteiger partial charge on any atom is -0.493 e. The number of benzene rings is 2. The molecule has 0 unspecified atom stereocenters. The summed E-state index contributed by atoms with van der Waals surface area (Å²) >= 11 is 1.39. The van der Waals surface area contributed by atoms with Crippen molar-refractivity contribution < 1.29 is 14.2 Å². The summed E-state index contributed by atoms with van der Waals surface area (Å²) in [6.07, 6.45) is 1.83. The Morgan fingerprint density at radius 3 is 2.19 bits per heavy atom. The maximum absolute atomic E-state index is 13.1. The minimum atomic E-state index is -0.0634. The smallest absolute Gasteiger partial charge is 0.271 e. The van der Waals surface area contributed by atoms with Crippen LogP contribution in [0.15, 0.2) is 40.1 Å². The fourth-order valence-electron chi connectivity index (χ4n) is 3.74. The van der Waals surface area contributed by atoms with E-state index in [1.54, 1.807) is 25.9 Å². The van der Waals surface area contributed by atoms with Crippen molar-refractivity contribution in [1.29, 1.82) is 0 Å². The van der Waals surface area contributed by atoms with E-state index in [1.165, 1.54) is 22.5 Å². The Morgan fingerprint density at radius 2 is 1.61 bits per heavy atom. The Morgan fingerprint density at radius 1 is 0.968 bits per heavy atom. The molecule has 0 aliphatic carbocycles. The number of fused-ring (bicyclic) bond motifs is 1. The average Bonchev–Trinajstić information content (AvgIpc) is 3.06. The molecule has 0 bridgehead atoms. The number of aromatic nitrogens is 1. The van der Waals surface area contributed by atoms with Crippen molar-refractivity contribution in [3.63, 3.8) is 0 Å². The first-order valence-electron chi connectivity index (χ1n) is 9.82. The van der Waals surface area contributed by atoms with E-state index in [1.807, 2.05) is 18.2 Å². The molecule has 3 aromatic rings. The van der Waals surface area contributed by atoms with Crippen LogP contribution < -0.4 is 34.0 Å². The first-order valence-corrected chi connectivity index (χ1v) is 10.6. The van der Waals surface area contributed by atoms with Crippen molar-refractivity contribution in [2.75, 3.05) is 32.9 Å². The lowest BCUT2D eigenvalue weighted by molar-refractivity contribution is 0.324. The summed E-state index contributed by atoms with van der Waals surface area (Å²) in [7, 11) is 4.70. The van der Waals surface area contributed by atoms with Crippen LogP contribution in [0, 0.1) is 13.8 Å². The summed E-state index contributed by atoms with van der Waals surface area (Å²) in [5.41, 5.74) is 4.17. The van der Waals surface area contributed by atoms with Gasteiger partial charge in [0.1, 0.15) is 13.3 Å². The molecule has 8 heteroatoms. The molecule has 1 aromatic heterocycles. The van der Waals surface area contributed by atoms with E-state index in [9.17, 15) is 4.79 Å². The molecule has 0 N–H and O–H groups in total. The van der Waals surface area contributed by atoms with Gasteiger partial charge in [0, 0.05) is 5.69 Å². The van der Waals surface area contributed by atoms with E-state index in [2.05, 4.69) is 41.9 Å². The monoisotopic (exact) mass is 439 g/mol. The van der Waals surface area contributed by atoms with Gasteiger partial charge in [-0.1, -0.05) is 17.4 Å². The summed E-state index contributed by atoms with van der Waals surface area (Å²) in [4.78, 5) is 20.6. The Kier molecular flexibility index (Phi) is 5.73. The molecular weight excluding hydrogens is 414 g/mol. The molecule has 2 heterocycles. The van der Waals surface area contributed by atoms with Gasteiger partial charge in [0.2, 0.25) is 5.75 Å². The van der Waals surface area contributed by atoms with Crippen LogP contribution >= 0.6 is 11.3 Å². The van der Waals surface area contributed by atoms with Crippen LogP contribution in [0.3, 0.4) is 0 Å². The summed E-state index contributed by atoms with van der Waals surface area (Å²) in [6, 6.07) is 10.0. The molecule has 1 aliphatic heterocycles. The largest absolute Gasteiger partial charge is 0.493 e. The molecule has 2 aromatic carbocycles. The summed E-state index contributed by atoms with van der Waals surface area (Å²) in [6.45, 7) is 5.14. The van der Waals surface area contributed by atoms with Crippen LogP contribution in [0.2, 0.25) is 0 Å². The molecule has 162 valence electrons. The third-order valence-electron chi connectivity index (χ3n) is 5.13. The molecule has 0 fully saturated rings. The average molecular weight is 440 g/mol. The fourth-order valence-corrected chi connectivity index (χ4v) is 4.71. The van der Waals surface area contributed by atoms with E-state index < -0.39 is 0 Å². The highest BCUT2D eigenvalue weighted by Gasteiger charge is 2.17. The van der Waals surface area contributed by atoms with Gasteiger partial charge in [0.05, 0.1) is 25.9 Å². The second-order valence-electron chi connectivity index (χ2n) is 7.41. The zero-order valence-corrected chi connectivity index (χ0v) is 19.1. The predicted molar refractivity (Wildman–Crippen MR) is 122 cm³/mol. The highest BCUT2D eigenvalue weighted by atomic mass is 32.1. The Balaban J connectivity index is 1.74. The van der Waals surface area contributed by atoms with Gasteiger partial charge in [-0.05, 0) is 60.9 Å². The quantitative estimate of drug-likeness (QED) is 0.611. The number of rotatable bonds is 5. The molecule has 31 heavy (non-hydrogen) atoms. The Labute approximate surface area is 184 Å². The van der Waals surface area contributed by atoms with Gasteiger partial charge in [-0.25, -0.2) is 4.99 Å². The van der Waals surface area contributed by atoms with Gasteiger partial charge in [-0.3, -0.25) is 9.36 Å². The molecule has 1 aliphatic rings. The highest BCUT2D eigenvalue weighted by Crippen LogP contribution is 2.38. The Bertz CT molecular complexity index is 1260. The molecule has 0 radical (unpaired) electrons. The highest BCUT2D eigenvalue weighted by molar-refractivity contribution is 7.07. The summed E-state index contributed by atoms with van der Waals surface area (Å²) < 4.78 is 18.5. The summed E-state index contributed by atoms with van der Waals surface area (Å²) in [5.74, 6) is 1.60. The van der Waals surface area contributed by atoms with Crippen LogP contribution in [0.25, 0.3) is 6.08 Å². The number of methoxy groups -OCH3 is 3. The maximum atomic E-state index is 13.1. The lowest BCUT2D eigenvalue weighted by Gasteiger charge is -2.26. The Hall–Kier alpha value is -3.26. The molecule has 4 rings (SSSR count). The normalized spacial score (nSPS) is 13.6. The van der Waals surface area contributed by atoms with Gasteiger partial charge in [0.25, 0.3) is 5.56 Å². The van der Waals surface area contributed by atoms with E-state index in [0.29, 0.717) is 35.1 Å². The number of thiazole rings is 1. The molecule has 0 amide bonds. The van der Waals surface area contributed by atoms with Crippen LogP contribution in [-0.4, -0.2) is 32.6 Å². The van der Waals surface area contributed by atoms with Crippen molar-refractivity contribution in [2.45, 2.75) is 20.5 Å². The van der Waals surface area contributed by atoms with Crippen molar-refractivity contribution in [1.82, 2.24) is 4.57 Å². The lowest BCUT2D eigenvalue weighted by atomic mass is 10.1. The SMILES string of the molecule is COc1cc(C=c2sc3n(c2=O)CN(c2cc(C)cc(C)c2)CN=3)cc(OC)c1OC. The van der Waals surface area contributed by atoms with Crippen molar-refractivity contribution in [2.24, 2.45) is 4.99 Å². The molecule has 0 atom stereocenters. The van der Waals surface area contributed by atoms with Gasteiger partial charge in [-0.2, -0.15) is 0 Å². The number of anilines is 1. The number of hydrogen-bond acceptors (Lipinski definition) is 7.